The maximum absolute atomic E-state index is 12.3. The number of anilines is 3. The molecule has 1 N–H and O–H groups in total. The van der Waals surface area contributed by atoms with Crippen molar-refractivity contribution in [1.29, 1.82) is 0 Å². The monoisotopic (exact) mass is 392 g/mol. The van der Waals surface area contributed by atoms with E-state index in [1.165, 1.54) is 5.69 Å². The molecule has 0 radical (unpaired) electrons. The standard InChI is InChI=1S/C23H28N4O2/c28-22(24-19-8-10-21(11-9-19)27-13-4-7-23(27)29)12-14-25-15-17-26(18-16-25)20-5-2-1-3-6-20/h1-3,5-6,8-11H,4,7,12-18H2,(H,24,28). The molecule has 2 aromatic carbocycles. The first-order valence-electron chi connectivity index (χ1n) is 10.4. The Morgan fingerprint density at radius 1 is 0.862 bits per heavy atom. The van der Waals surface area contributed by atoms with Crippen molar-refractivity contribution in [2.45, 2.75) is 19.3 Å². The fraction of sp³-hybridized carbons (Fsp3) is 0.391. The van der Waals surface area contributed by atoms with Crippen LogP contribution in [0.15, 0.2) is 54.6 Å². The molecule has 2 amide bonds. The van der Waals surface area contributed by atoms with E-state index in [9.17, 15) is 9.59 Å². The minimum atomic E-state index is 0.0282. The van der Waals surface area contributed by atoms with Crippen LogP contribution in [0.5, 0.6) is 0 Å². The van der Waals surface area contributed by atoms with Gasteiger partial charge in [0.1, 0.15) is 0 Å². The molecule has 2 heterocycles. The van der Waals surface area contributed by atoms with Crippen LogP contribution < -0.4 is 15.1 Å². The van der Waals surface area contributed by atoms with E-state index in [0.717, 1.165) is 57.1 Å². The highest BCUT2D eigenvalue weighted by molar-refractivity contribution is 5.96. The summed E-state index contributed by atoms with van der Waals surface area (Å²) >= 11 is 0. The van der Waals surface area contributed by atoms with Crippen molar-refractivity contribution in [1.82, 2.24) is 4.90 Å². The minimum absolute atomic E-state index is 0.0282. The Balaban J connectivity index is 1.20. The van der Waals surface area contributed by atoms with Gasteiger partial charge in [0.25, 0.3) is 0 Å². The third-order valence-corrected chi connectivity index (χ3v) is 5.68. The molecule has 4 rings (SSSR count). The van der Waals surface area contributed by atoms with Gasteiger partial charge in [-0.3, -0.25) is 14.5 Å². The van der Waals surface area contributed by atoms with E-state index >= 15 is 0 Å². The van der Waals surface area contributed by atoms with Crippen molar-refractivity contribution in [3.8, 4) is 0 Å². The molecule has 6 heteroatoms. The van der Waals surface area contributed by atoms with Gasteiger partial charge in [0, 0.05) is 69.2 Å². The molecule has 152 valence electrons. The van der Waals surface area contributed by atoms with Gasteiger partial charge in [0.2, 0.25) is 11.8 Å². The van der Waals surface area contributed by atoms with Crippen LogP contribution in [-0.4, -0.2) is 56.0 Å². The number of benzene rings is 2. The Bertz CT molecular complexity index is 830. The fourth-order valence-electron chi connectivity index (χ4n) is 4.00. The molecule has 6 nitrogen and oxygen atoms in total. The number of nitrogens with one attached hydrogen (secondary N) is 1. The average molecular weight is 393 g/mol. The summed E-state index contributed by atoms with van der Waals surface area (Å²) in [5, 5.41) is 2.97. The molecule has 0 saturated carbocycles. The van der Waals surface area contributed by atoms with Gasteiger partial charge in [-0.2, -0.15) is 0 Å². The number of hydrogen-bond acceptors (Lipinski definition) is 4. The van der Waals surface area contributed by atoms with Crippen LogP contribution in [0, 0.1) is 0 Å². The van der Waals surface area contributed by atoms with E-state index in [0.29, 0.717) is 12.8 Å². The smallest absolute Gasteiger partial charge is 0.227 e. The molecular formula is C23H28N4O2. The normalized spacial score (nSPS) is 17.6. The second kappa shape index (κ2) is 9.09. The highest BCUT2D eigenvalue weighted by Crippen LogP contribution is 2.23. The summed E-state index contributed by atoms with van der Waals surface area (Å²) in [6.07, 6.45) is 2.02. The van der Waals surface area contributed by atoms with Gasteiger partial charge in [-0.1, -0.05) is 18.2 Å². The zero-order chi connectivity index (χ0) is 20.1. The fourth-order valence-corrected chi connectivity index (χ4v) is 4.00. The molecule has 0 bridgehead atoms. The molecule has 2 aromatic rings. The van der Waals surface area contributed by atoms with E-state index in [-0.39, 0.29) is 11.8 Å². The Labute approximate surface area is 172 Å². The molecule has 0 spiro atoms. The van der Waals surface area contributed by atoms with Crippen molar-refractivity contribution in [3.05, 3.63) is 54.6 Å². The second-order valence-electron chi connectivity index (χ2n) is 7.66. The Hall–Kier alpha value is -2.86. The zero-order valence-corrected chi connectivity index (χ0v) is 16.7. The number of carbonyl (C=O) groups excluding carboxylic acids is 2. The number of hydrogen-bond donors (Lipinski definition) is 1. The first-order valence-corrected chi connectivity index (χ1v) is 10.4. The third kappa shape index (κ3) is 4.95. The van der Waals surface area contributed by atoms with E-state index in [1.807, 2.05) is 30.3 Å². The van der Waals surface area contributed by atoms with Crippen LogP contribution >= 0.6 is 0 Å². The van der Waals surface area contributed by atoms with Gasteiger partial charge in [0.15, 0.2) is 0 Å². The highest BCUT2D eigenvalue weighted by Gasteiger charge is 2.21. The predicted molar refractivity (Wildman–Crippen MR) is 116 cm³/mol. The Kier molecular flexibility index (Phi) is 6.10. The molecule has 0 aromatic heterocycles. The predicted octanol–water partition coefficient (Wildman–Crippen LogP) is 2.96. The van der Waals surface area contributed by atoms with Crippen molar-refractivity contribution in [2.24, 2.45) is 0 Å². The number of para-hydroxylation sites is 1. The Morgan fingerprint density at radius 3 is 2.24 bits per heavy atom. The van der Waals surface area contributed by atoms with Crippen molar-refractivity contribution < 1.29 is 9.59 Å². The summed E-state index contributed by atoms with van der Waals surface area (Å²) in [7, 11) is 0. The van der Waals surface area contributed by atoms with E-state index in [1.54, 1.807) is 4.90 Å². The summed E-state index contributed by atoms with van der Waals surface area (Å²) in [6, 6.07) is 18.0. The summed E-state index contributed by atoms with van der Waals surface area (Å²) in [5.74, 6) is 0.203. The molecule has 2 fully saturated rings. The number of piperazine rings is 1. The molecule has 29 heavy (non-hydrogen) atoms. The van der Waals surface area contributed by atoms with Gasteiger partial charge < -0.3 is 15.1 Å². The van der Waals surface area contributed by atoms with Crippen LogP contribution in [0.1, 0.15) is 19.3 Å². The SMILES string of the molecule is O=C(CCN1CCN(c2ccccc2)CC1)Nc1ccc(N2CCCC2=O)cc1. The van der Waals surface area contributed by atoms with Gasteiger partial charge in [-0.15, -0.1) is 0 Å². The van der Waals surface area contributed by atoms with E-state index in [4.69, 9.17) is 0 Å². The highest BCUT2D eigenvalue weighted by atomic mass is 16.2. The van der Waals surface area contributed by atoms with Gasteiger partial charge >= 0.3 is 0 Å². The molecule has 0 unspecified atom stereocenters. The largest absolute Gasteiger partial charge is 0.369 e. The average Bonchev–Trinajstić information content (AvgIpc) is 3.20. The van der Waals surface area contributed by atoms with Gasteiger partial charge in [0.05, 0.1) is 0 Å². The van der Waals surface area contributed by atoms with Crippen LogP contribution in [-0.2, 0) is 9.59 Å². The van der Waals surface area contributed by atoms with Crippen molar-refractivity contribution >= 4 is 28.9 Å². The summed E-state index contributed by atoms with van der Waals surface area (Å²) in [4.78, 5) is 30.7. The topological polar surface area (TPSA) is 55.9 Å². The van der Waals surface area contributed by atoms with Crippen molar-refractivity contribution in [3.63, 3.8) is 0 Å². The molecule has 2 saturated heterocycles. The first kappa shape index (κ1) is 19.5. The second-order valence-corrected chi connectivity index (χ2v) is 7.66. The van der Waals surface area contributed by atoms with Gasteiger partial charge in [-0.05, 0) is 42.8 Å². The minimum Gasteiger partial charge on any atom is -0.369 e. The summed E-state index contributed by atoms with van der Waals surface area (Å²) in [5.41, 5.74) is 2.95. The Morgan fingerprint density at radius 2 is 1.59 bits per heavy atom. The lowest BCUT2D eigenvalue weighted by Gasteiger charge is -2.36. The quantitative estimate of drug-likeness (QED) is 0.821. The number of nitrogens with zero attached hydrogens (tertiary/aromatic N) is 3. The third-order valence-electron chi connectivity index (χ3n) is 5.68. The van der Waals surface area contributed by atoms with Crippen LogP contribution in [0.2, 0.25) is 0 Å². The lowest BCUT2D eigenvalue weighted by Crippen LogP contribution is -2.47. The lowest BCUT2D eigenvalue weighted by atomic mass is 10.2. The van der Waals surface area contributed by atoms with Gasteiger partial charge in [-0.25, -0.2) is 0 Å². The molecule has 0 atom stereocenters. The lowest BCUT2D eigenvalue weighted by molar-refractivity contribution is -0.117. The summed E-state index contributed by atoms with van der Waals surface area (Å²) in [6.45, 7) is 5.48. The molecular weight excluding hydrogens is 364 g/mol. The molecule has 0 aliphatic carbocycles. The van der Waals surface area contributed by atoms with E-state index in [2.05, 4.69) is 39.4 Å². The van der Waals surface area contributed by atoms with E-state index < -0.39 is 0 Å². The maximum Gasteiger partial charge on any atom is 0.227 e. The maximum atomic E-state index is 12.3. The number of rotatable bonds is 6. The molecule has 2 aliphatic rings. The molecule has 2 aliphatic heterocycles. The van der Waals surface area contributed by atoms with Crippen LogP contribution in [0.25, 0.3) is 0 Å². The van der Waals surface area contributed by atoms with Crippen molar-refractivity contribution in [2.75, 3.05) is 54.4 Å². The zero-order valence-electron chi connectivity index (χ0n) is 16.7. The van der Waals surface area contributed by atoms with Crippen LogP contribution in [0.3, 0.4) is 0 Å². The van der Waals surface area contributed by atoms with Crippen LogP contribution in [0.4, 0.5) is 17.1 Å². The number of amides is 2. The number of carbonyl (C=O) groups is 2. The first-order chi connectivity index (χ1) is 14.2. The summed E-state index contributed by atoms with van der Waals surface area (Å²) < 4.78 is 0.